The first-order valence-corrected chi connectivity index (χ1v) is 7.28. The van der Waals surface area contributed by atoms with E-state index in [4.69, 9.17) is 0 Å². The lowest BCUT2D eigenvalue weighted by molar-refractivity contribution is -0.640. The summed E-state index contributed by atoms with van der Waals surface area (Å²) in [4.78, 5) is 0. The summed E-state index contributed by atoms with van der Waals surface area (Å²) in [6.07, 6.45) is 9.25. The Balaban J connectivity index is 3.13. The van der Waals surface area contributed by atoms with E-state index in [1.807, 2.05) is 0 Å². The largest absolute Gasteiger partial charge is 0.597 e. The molecule has 16 heavy (non-hydrogen) atoms. The monoisotopic (exact) mass is 254 g/mol. The summed E-state index contributed by atoms with van der Waals surface area (Å²) in [5, 5.41) is 0. The standard InChI is InChI=1S/C10H24NO4S/c1-2-3-4-5-6-7-8-9-10-14-16(12,13)15-11/h2-10H2,1,11H3/q+2. The van der Waals surface area contributed by atoms with Crippen molar-refractivity contribution in [3.8, 4) is 0 Å². The maximum absolute atomic E-state index is 10.7. The van der Waals surface area contributed by atoms with Gasteiger partial charge in [0.1, 0.15) is 11.2 Å². The first kappa shape index (κ1) is 16.0. The van der Waals surface area contributed by atoms with Crippen LogP contribution in [0.1, 0.15) is 58.3 Å². The normalized spacial score (nSPS) is 14.9. The third kappa shape index (κ3) is 10.5. The molecule has 0 saturated carbocycles. The minimum Gasteiger partial charge on any atom is -0.155 e. The highest BCUT2D eigenvalue weighted by atomic mass is 32.3. The third-order valence-corrected chi connectivity index (χ3v) is 3.11. The van der Waals surface area contributed by atoms with E-state index in [1.165, 1.54) is 32.1 Å². The molecule has 3 N–H and O–H groups in total. The zero-order chi connectivity index (χ0) is 12.3. The predicted molar refractivity (Wildman–Crippen MR) is 61.3 cm³/mol. The summed E-state index contributed by atoms with van der Waals surface area (Å²) in [7, 11) is -3.84. The van der Waals surface area contributed by atoms with Crippen molar-refractivity contribution in [3.63, 3.8) is 0 Å². The van der Waals surface area contributed by atoms with Gasteiger partial charge in [-0.3, -0.25) is 0 Å². The molecule has 0 aliphatic carbocycles. The molecule has 0 bridgehead atoms. The Kier molecular flexibility index (Phi) is 10.2. The van der Waals surface area contributed by atoms with Gasteiger partial charge >= 0.3 is 10.8 Å². The molecule has 0 aromatic rings. The molecule has 0 aliphatic heterocycles. The predicted octanol–water partition coefficient (Wildman–Crippen LogP) is 1.99. The molecule has 0 heterocycles. The maximum atomic E-state index is 10.7. The molecule has 1 radical (unpaired) electrons. The third-order valence-electron chi connectivity index (χ3n) is 2.37. The van der Waals surface area contributed by atoms with E-state index in [0.717, 1.165) is 19.3 Å². The van der Waals surface area contributed by atoms with Crippen molar-refractivity contribution in [2.45, 2.75) is 58.3 Å². The molecule has 5 nitrogen and oxygen atoms in total. The first-order chi connectivity index (χ1) is 7.62. The lowest BCUT2D eigenvalue weighted by atomic mass is 10.1. The topological polar surface area (TPSA) is 83.1 Å². The van der Waals surface area contributed by atoms with Gasteiger partial charge in [0.05, 0.1) is 4.28 Å². The summed E-state index contributed by atoms with van der Waals surface area (Å²) in [5.41, 5.74) is 0. The summed E-state index contributed by atoms with van der Waals surface area (Å²) in [6, 6.07) is 0. The van der Waals surface area contributed by atoms with E-state index in [2.05, 4.69) is 21.3 Å². The minimum atomic E-state index is -3.84. The molecule has 0 saturated heterocycles. The quantitative estimate of drug-likeness (QED) is 0.348. The highest BCUT2D eigenvalue weighted by Gasteiger charge is 2.34. The molecule has 97 valence electrons. The Morgan fingerprint density at radius 3 is 2.00 bits per heavy atom. The summed E-state index contributed by atoms with van der Waals surface area (Å²) < 4.78 is 29.8. The zero-order valence-electron chi connectivity index (χ0n) is 10.1. The van der Waals surface area contributed by atoms with E-state index >= 15 is 0 Å². The molecule has 0 aliphatic rings. The molecule has 0 amide bonds. The zero-order valence-corrected chi connectivity index (χ0v) is 10.9. The Hall–Kier alpha value is -0.0100. The average molecular weight is 254 g/mol. The molecule has 0 aromatic carbocycles. The van der Waals surface area contributed by atoms with E-state index in [1.54, 1.807) is 0 Å². The first-order valence-electron chi connectivity index (χ1n) is 5.95. The van der Waals surface area contributed by atoms with Gasteiger partial charge in [-0.15, -0.1) is 4.18 Å². The van der Waals surface area contributed by atoms with Crippen molar-refractivity contribution in [1.82, 2.24) is 0 Å². The number of rotatable bonds is 11. The second kappa shape index (κ2) is 10.2. The van der Waals surface area contributed by atoms with Gasteiger partial charge in [0, 0.05) is 4.21 Å². The smallest absolute Gasteiger partial charge is 0.155 e. The van der Waals surface area contributed by atoms with E-state index in [0.29, 0.717) is 0 Å². The number of hydrogen-bond donors (Lipinski definition) is 1. The summed E-state index contributed by atoms with van der Waals surface area (Å²) in [6.45, 7) is 2.38. The van der Waals surface area contributed by atoms with Crippen molar-refractivity contribution >= 4 is 10.8 Å². The Labute approximate surface area is 99.3 Å². The molecular formula is C10H24NO4S+2. The van der Waals surface area contributed by atoms with Crippen molar-refractivity contribution in [2.24, 2.45) is 0 Å². The Bertz CT molecular complexity index is 201. The number of hydrogen-bond acceptors (Lipinski definition) is 3. The van der Waals surface area contributed by atoms with E-state index in [9.17, 15) is 8.76 Å². The van der Waals surface area contributed by atoms with Gasteiger partial charge in [-0.05, 0) is 6.42 Å². The van der Waals surface area contributed by atoms with Crippen molar-refractivity contribution in [3.05, 3.63) is 0 Å². The fraction of sp³-hybridized carbons (Fsp3) is 1.00. The van der Waals surface area contributed by atoms with Crippen LogP contribution in [0.5, 0.6) is 0 Å². The van der Waals surface area contributed by atoms with Crippen molar-refractivity contribution in [2.75, 3.05) is 6.61 Å². The molecule has 1 unspecified atom stereocenters. The van der Waals surface area contributed by atoms with Gasteiger partial charge < -0.3 is 0 Å². The van der Waals surface area contributed by atoms with Gasteiger partial charge in [-0.25, -0.2) is 0 Å². The molecule has 0 spiro atoms. The van der Waals surface area contributed by atoms with Crippen LogP contribution in [-0.4, -0.2) is 6.61 Å². The fourth-order valence-electron chi connectivity index (χ4n) is 1.43. The Morgan fingerprint density at radius 1 is 1.00 bits per heavy atom. The van der Waals surface area contributed by atoms with Gasteiger partial charge in [0.2, 0.25) is 0 Å². The molecule has 0 fully saturated rings. The van der Waals surface area contributed by atoms with Crippen LogP contribution in [0.3, 0.4) is 0 Å². The van der Waals surface area contributed by atoms with Crippen LogP contribution >= 0.6 is 0 Å². The number of unbranched alkanes of at least 4 members (excludes halogenated alkanes) is 7. The molecule has 0 rings (SSSR count). The molecular weight excluding hydrogens is 230 g/mol. The lowest BCUT2D eigenvalue weighted by Gasteiger charge is -2.00. The molecule has 6 heteroatoms. The summed E-state index contributed by atoms with van der Waals surface area (Å²) >= 11 is 0. The SMILES string of the molecule is CCCCCCCCCCO[S+]([O])(=O)O[NH3+]. The van der Waals surface area contributed by atoms with Crippen LogP contribution in [0.15, 0.2) is 0 Å². The van der Waals surface area contributed by atoms with E-state index in [-0.39, 0.29) is 6.61 Å². The second-order valence-corrected chi connectivity index (χ2v) is 5.11. The van der Waals surface area contributed by atoms with Crippen LogP contribution < -0.4 is 5.90 Å². The molecule has 0 aromatic heterocycles. The van der Waals surface area contributed by atoms with Crippen LogP contribution in [0.2, 0.25) is 0 Å². The van der Waals surface area contributed by atoms with Crippen molar-refractivity contribution in [1.29, 1.82) is 0 Å². The van der Waals surface area contributed by atoms with E-state index < -0.39 is 10.8 Å². The van der Waals surface area contributed by atoms with Crippen LogP contribution in [0, 0.1) is 0 Å². The fourth-order valence-corrected chi connectivity index (χ4v) is 1.82. The summed E-state index contributed by atoms with van der Waals surface area (Å²) in [5.74, 6) is 2.80. The van der Waals surface area contributed by atoms with Gasteiger partial charge in [0.15, 0.2) is 0 Å². The minimum absolute atomic E-state index is 0.187. The van der Waals surface area contributed by atoms with Gasteiger partial charge in [0.25, 0.3) is 0 Å². The highest BCUT2D eigenvalue weighted by molar-refractivity contribution is 7.88. The van der Waals surface area contributed by atoms with Gasteiger partial charge in [-0.2, -0.15) is 5.90 Å². The highest BCUT2D eigenvalue weighted by Crippen LogP contribution is 2.09. The Morgan fingerprint density at radius 2 is 1.50 bits per heavy atom. The number of quaternary nitrogens is 1. The van der Waals surface area contributed by atoms with Crippen LogP contribution in [0.25, 0.3) is 0 Å². The lowest BCUT2D eigenvalue weighted by Crippen LogP contribution is -2.53. The van der Waals surface area contributed by atoms with Gasteiger partial charge in [-0.1, -0.05) is 51.9 Å². The van der Waals surface area contributed by atoms with Crippen molar-refractivity contribution < 1.29 is 23.1 Å². The average Bonchev–Trinajstić information content (AvgIpc) is 2.27. The maximum Gasteiger partial charge on any atom is 0.597 e. The van der Waals surface area contributed by atoms with Crippen LogP contribution in [0.4, 0.5) is 0 Å². The van der Waals surface area contributed by atoms with Crippen LogP contribution in [-0.2, 0) is 28.0 Å². The molecule has 1 atom stereocenters. The second-order valence-electron chi connectivity index (χ2n) is 3.82.